The van der Waals surface area contributed by atoms with Crippen molar-refractivity contribution in [3.63, 3.8) is 0 Å². The predicted molar refractivity (Wildman–Crippen MR) is 111 cm³/mol. The van der Waals surface area contributed by atoms with Crippen LogP contribution in [0.1, 0.15) is 16.2 Å². The van der Waals surface area contributed by atoms with E-state index in [1.165, 1.54) is 6.07 Å². The molecule has 0 aliphatic rings. The number of hydrogen-bond donors (Lipinski definition) is 1. The van der Waals surface area contributed by atoms with Crippen LogP contribution in [0.25, 0.3) is 11.0 Å². The summed E-state index contributed by atoms with van der Waals surface area (Å²) in [6, 6.07) is 16.1. The molecule has 0 saturated heterocycles. The molecule has 0 amide bonds. The Labute approximate surface area is 177 Å². The largest absolute Gasteiger partial charge is 0.497 e. The van der Waals surface area contributed by atoms with Crippen LogP contribution < -0.4 is 14.2 Å². The molecular weight excluding hydrogens is 403 g/mol. The molecule has 1 N–H and O–H groups in total. The zero-order valence-electron chi connectivity index (χ0n) is 16.8. The van der Waals surface area contributed by atoms with Crippen LogP contribution in [0, 0.1) is 5.82 Å². The number of fused-ring (bicyclic) bond motifs is 1. The van der Waals surface area contributed by atoms with E-state index < -0.39 is 11.8 Å². The Bertz CT molecular complexity index is 1250. The van der Waals surface area contributed by atoms with Gasteiger partial charge in [-0.15, -0.1) is 0 Å². The Hall–Kier alpha value is -4.07. The molecule has 0 saturated carbocycles. The average Bonchev–Trinajstić information content (AvgIpc) is 3.07. The fourth-order valence-electron chi connectivity index (χ4n) is 3.11. The SMILES string of the molecule is COc1ccc(Oc2ccc3nc(COc4cc(F)cc(C(=O)O)c4)n(C)c3c2)cc1. The molecule has 0 bridgehead atoms. The third-order valence-corrected chi connectivity index (χ3v) is 4.73. The van der Waals surface area contributed by atoms with Gasteiger partial charge in [0.1, 0.15) is 41.2 Å². The molecule has 158 valence electrons. The van der Waals surface area contributed by atoms with Gasteiger partial charge in [0, 0.05) is 19.2 Å². The Morgan fingerprint density at radius 3 is 2.42 bits per heavy atom. The minimum absolute atomic E-state index is 0.0440. The van der Waals surface area contributed by atoms with Gasteiger partial charge in [-0.2, -0.15) is 0 Å². The lowest BCUT2D eigenvalue weighted by atomic mass is 10.2. The van der Waals surface area contributed by atoms with Crippen LogP contribution in [0.3, 0.4) is 0 Å². The van der Waals surface area contributed by atoms with Crippen LogP contribution in [0.2, 0.25) is 0 Å². The molecule has 3 aromatic carbocycles. The molecule has 0 radical (unpaired) electrons. The van der Waals surface area contributed by atoms with E-state index in [4.69, 9.17) is 19.3 Å². The summed E-state index contributed by atoms with van der Waals surface area (Å²) in [5, 5.41) is 9.06. The highest BCUT2D eigenvalue weighted by molar-refractivity contribution is 5.88. The number of ether oxygens (including phenoxy) is 3. The highest BCUT2D eigenvalue weighted by atomic mass is 19.1. The van der Waals surface area contributed by atoms with Crippen molar-refractivity contribution >= 4 is 17.0 Å². The molecule has 0 spiro atoms. The van der Waals surface area contributed by atoms with Gasteiger partial charge in [-0.25, -0.2) is 14.2 Å². The second-order valence-corrected chi connectivity index (χ2v) is 6.78. The molecule has 0 aliphatic carbocycles. The first-order valence-electron chi connectivity index (χ1n) is 9.37. The normalized spacial score (nSPS) is 10.8. The smallest absolute Gasteiger partial charge is 0.335 e. The number of aromatic nitrogens is 2. The van der Waals surface area contributed by atoms with E-state index in [0.29, 0.717) is 17.3 Å². The van der Waals surface area contributed by atoms with Gasteiger partial charge in [0.25, 0.3) is 0 Å². The second kappa shape index (κ2) is 8.35. The number of methoxy groups -OCH3 is 1. The monoisotopic (exact) mass is 422 g/mol. The molecule has 0 fully saturated rings. The standard InChI is InChI=1S/C23H19FN2O5/c1-26-21-12-18(31-17-5-3-16(29-2)4-6-17)7-8-20(21)25-22(26)13-30-19-10-14(23(27)28)9-15(24)11-19/h3-12H,13H2,1-2H3,(H,27,28). The number of hydrogen-bond acceptors (Lipinski definition) is 5. The van der Waals surface area contributed by atoms with Crippen molar-refractivity contribution < 1.29 is 28.5 Å². The summed E-state index contributed by atoms with van der Waals surface area (Å²) in [6.45, 7) is 0.0440. The zero-order valence-corrected chi connectivity index (χ0v) is 16.8. The summed E-state index contributed by atoms with van der Waals surface area (Å²) in [7, 11) is 3.44. The fraction of sp³-hybridized carbons (Fsp3) is 0.130. The van der Waals surface area contributed by atoms with E-state index in [2.05, 4.69) is 4.98 Å². The molecule has 8 heteroatoms. The molecule has 4 aromatic rings. The molecule has 4 rings (SSSR count). The van der Waals surface area contributed by atoms with E-state index in [1.807, 2.05) is 54.1 Å². The maximum absolute atomic E-state index is 13.6. The van der Waals surface area contributed by atoms with Crippen LogP contribution in [0.5, 0.6) is 23.0 Å². The van der Waals surface area contributed by atoms with Gasteiger partial charge >= 0.3 is 5.97 Å². The molecule has 0 atom stereocenters. The van der Waals surface area contributed by atoms with Gasteiger partial charge in [-0.05, 0) is 48.5 Å². The van der Waals surface area contributed by atoms with Gasteiger partial charge in [0.15, 0.2) is 0 Å². The number of benzene rings is 3. The van der Waals surface area contributed by atoms with Crippen molar-refractivity contribution in [2.24, 2.45) is 7.05 Å². The molecule has 7 nitrogen and oxygen atoms in total. The minimum atomic E-state index is -1.23. The molecule has 31 heavy (non-hydrogen) atoms. The molecular formula is C23H19FN2O5. The summed E-state index contributed by atoms with van der Waals surface area (Å²) in [5.74, 6) is 0.867. The van der Waals surface area contributed by atoms with Crippen LogP contribution in [0.15, 0.2) is 60.7 Å². The van der Waals surface area contributed by atoms with E-state index in [0.717, 1.165) is 28.9 Å². The number of halogens is 1. The Morgan fingerprint density at radius 2 is 1.71 bits per heavy atom. The summed E-state index contributed by atoms with van der Waals surface area (Å²) in [4.78, 5) is 15.6. The number of rotatable bonds is 7. The molecule has 0 unspecified atom stereocenters. The number of imidazole rings is 1. The molecule has 1 heterocycles. The Balaban J connectivity index is 1.53. The van der Waals surface area contributed by atoms with E-state index >= 15 is 0 Å². The fourth-order valence-corrected chi connectivity index (χ4v) is 3.11. The van der Waals surface area contributed by atoms with E-state index in [-0.39, 0.29) is 17.9 Å². The number of aromatic carboxylic acids is 1. The van der Waals surface area contributed by atoms with Crippen LogP contribution in [0.4, 0.5) is 4.39 Å². The van der Waals surface area contributed by atoms with Gasteiger partial charge in [0.05, 0.1) is 23.7 Å². The number of carbonyl (C=O) groups is 1. The van der Waals surface area contributed by atoms with Crippen molar-refractivity contribution in [1.82, 2.24) is 9.55 Å². The Kier molecular flexibility index (Phi) is 5.44. The molecule has 1 aromatic heterocycles. The number of carboxylic acid groups (broad SMARTS) is 1. The topological polar surface area (TPSA) is 82.8 Å². The van der Waals surface area contributed by atoms with Crippen LogP contribution >= 0.6 is 0 Å². The van der Waals surface area contributed by atoms with Crippen molar-refractivity contribution in [1.29, 1.82) is 0 Å². The number of carboxylic acids is 1. The van der Waals surface area contributed by atoms with Crippen molar-refractivity contribution in [2.45, 2.75) is 6.61 Å². The van der Waals surface area contributed by atoms with Crippen LogP contribution in [-0.4, -0.2) is 27.7 Å². The van der Waals surface area contributed by atoms with Crippen molar-refractivity contribution in [3.8, 4) is 23.0 Å². The zero-order chi connectivity index (χ0) is 22.0. The van der Waals surface area contributed by atoms with E-state index in [9.17, 15) is 9.18 Å². The summed E-state index contributed by atoms with van der Waals surface area (Å²) >= 11 is 0. The van der Waals surface area contributed by atoms with E-state index in [1.54, 1.807) is 7.11 Å². The lowest BCUT2D eigenvalue weighted by molar-refractivity contribution is 0.0695. The van der Waals surface area contributed by atoms with Gasteiger partial charge in [-0.1, -0.05) is 0 Å². The highest BCUT2D eigenvalue weighted by Crippen LogP contribution is 2.27. The maximum Gasteiger partial charge on any atom is 0.335 e. The molecule has 0 aliphatic heterocycles. The van der Waals surface area contributed by atoms with Crippen LogP contribution in [-0.2, 0) is 13.7 Å². The summed E-state index contributed by atoms with van der Waals surface area (Å²) in [6.07, 6.45) is 0. The number of nitrogens with zero attached hydrogens (tertiary/aromatic N) is 2. The number of aryl methyl sites for hydroxylation is 1. The Morgan fingerprint density at radius 1 is 1.00 bits per heavy atom. The summed E-state index contributed by atoms with van der Waals surface area (Å²) in [5.41, 5.74) is 1.39. The first-order valence-corrected chi connectivity index (χ1v) is 9.37. The lowest BCUT2D eigenvalue weighted by Gasteiger charge is -2.08. The average molecular weight is 422 g/mol. The maximum atomic E-state index is 13.6. The highest BCUT2D eigenvalue weighted by Gasteiger charge is 2.12. The third-order valence-electron chi connectivity index (χ3n) is 4.73. The predicted octanol–water partition coefficient (Wildman–Crippen LogP) is 4.79. The first kappa shape index (κ1) is 20.2. The first-order chi connectivity index (χ1) is 14.9. The van der Waals surface area contributed by atoms with Gasteiger partial charge in [-0.3, -0.25) is 0 Å². The van der Waals surface area contributed by atoms with Crippen molar-refractivity contribution in [2.75, 3.05) is 7.11 Å². The second-order valence-electron chi connectivity index (χ2n) is 6.78. The van der Waals surface area contributed by atoms with Crippen molar-refractivity contribution in [3.05, 3.63) is 77.9 Å². The van der Waals surface area contributed by atoms with Gasteiger partial charge < -0.3 is 23.9 Å². The quantitative estimate of drug-likeness (QED) is 0.461. The lowest BCUT2D eigenvalue weighted by Crippen LogP contribution is -2.05. The third kappa shape index (κ3) is 4.42. The van der Waals surface area contributed by atoms with Gasteiger partial charge in [0.2, 0.25) is 0 Å². The minimum Gasteiger partial charge on any atom is -0.497 e. The summed E-state index contributed by atoms with van der Waals surface area (Å²) < 4.78 is 32.1.